The maximum Gasteiger partial charge on any atom is 0.237 e. The summed E-state index contributed by atoms with van der Waals surface area (Å²) in [6.45, 7) is 3.39. The predicted molar refractivity (Wildman–Crippen MR) is 101 cm³/mol. The van der Waals surface area contributed by atoms with Gasteiger partial charge in [-0.25, -0.2) is 0 Å². The molecule has 0 bridgehead atoms. The third-order valence-electron chi connectivity index (χ3n) is 4.73. The summed E-state index contributed by atoms with van der Waals surface area (Å²) >= 11 is 1.45. The van der Waals surface area contributed by atoms with Crippen LogP contribution >= 0.6 is 11.8 Å². The van der Waals surface area contributed by atoms with Crippen LogP contribution in [0.5, 0.6) is 0 Å². The van der Waals surface area contributed by atoms with E-state index >= 15 is 0 Å². The van der Waals surface area contributed by atoms with Crippen molar-refractivity contribution in [2.24, 2.45) is 0 Å². The average molecular weight is 370 g/mol. The Kier molecular flexibility index (Phi) is 4.56. The highest BCUT2D eigenvalue weighted by atomic mass is 32.2. The highest BCUT2D eigenvalue weighted by Crippen LogP contribution is 2.46. The number of Topliss-reactive ketones (excluding diaryl/α,β-unsaturated/α-hetero) is 1. The first-order chi connectivity index (χ1) is 12.5. The number of nitrogens with one attached hydrogen (secondary N) is 1. The van der Waals surface area contributed by atoms with Crippen LogP contribution in [0.25, 0.3) is 0 Å². The molecule has 2 aromatic rings. The van der Waals surface area contributed by atoms with Crippen molar-refractivity contribution in [1.82, 2.24) is 14.8 Å². The van der Waals surface area contributed by atoms with E-state index in [-0.39, 0.29) is 16.9 Å². The largest absolute Gasteiger partial charge is 0.325 e. The summed E-state index contributed by atoms with van der Waals surface area (Å²) in [5, 5.41) is 12.2. The molecule has 0 aliphatic heterocycles. The van der Waals surface area contributed by atoms with Gasteiger partial charge in [0.1, 0.15) is 5.82 Å². The molecule has 1 amide bonds. The van der Waals surface area contributed by atoms with Gasteiger partial charge in [0.15, 0.2) is 10.9 Å². The predicted octanol–water partition coefficient (Wildman–Crippen LogP) is 3.81. The van der Waals surface area contributed by atoms with E-state index in [1.807, 2.05) is 6.92 Å². The number of rotatable bonds is 7. The number of carbonyl (C=O) groups excluding carboxylic acids is 2. The average Bonchev–Trinajstić information content (AvgIpc) is 3.54. The van der Waals surface area contributed by atoms with Gasteiger partial charge in [-0.2, -0.15) is 0 Å². The molecule has 0 saturated heterocycles. The van der Waals surface area contributed by atoms with Crippen molar-refractivity contribution in [3.8, 4) is 0 Å². The van der Waals surface area contributed by atoms with Gasteiger partial charge in [0, 0.05) is 23.2 Å². The molecule has 1 aromatic heterocycles. The zero-order valence-corrected chi connectivity index (χ0v) is 15.8. The molecule has 0 radical (unpaired) electrons. The second-order valence-corrected chi connectivity index (χ2v) is 8.41. The zero-order valence-electron chi connectivity index (χ0n) is 14.9. The van der Waals surface area contributed by atoms with Gasteiger partial charge in [0.25, 0.3) is 0 Å². The zero-order chi connectivity index (χ0) is 18.3. The monoisotopic (exact) mass is 370 g/mol. The number of amides is 1. The third-order valence-corrected chi connectivity index (χ3v) is 5.79. The Morgan fingerprint density at radius 3 is 2.65 bits per heavy atom. The minimum absolute atomic E-state index is 0.0198. The number of carbonyl (C=O) groups is 2. The summed E-state index contributed by atoms with van der Waals surface area (Å²) in [7, 11) is 0. The van der Waals surface area contributed by atoms with Gasteiger partial charge in [-0.05, 0) is 51.7 Å². The summed E-state index contributed by atoms with van der Waals surface area (Å²) in [5.74, 6) is 1.52. The smallest absolute Gasteiger partial charge is 0.237 e. The normalized spacial score (nSPS) is 17.8. The topological polar surface area (TPSA) is 76.9 Å². The molecule has 0 spiro atoms. The van der Waals surface area contributed by atoms with Gasteiger partial charge < -0.3 is 9.88 Å². The van der Waals surface area contributed by atoms with Crippen LogP contribution in [0.2, 0.25) is 0 Å². The number of benzene rings is 1. The number of ketones is 1. The van der Waals surface area contributed by atoms with E-state index in [0.29, 0.717) is 23.2 Å². The molecule has 2 aliphatic rings. The van der Waals surface area contributed by atoms with Crippen molar-refractivity contribution in [2.75, 3.05) is 5.32 Å². The van der Waals surface area contributed by atoms with Crippen molar-refractivity contribution in [1.29, 1.82) is 0 Å². The van der Waals surface area contributed by atoms with Gasteiger partial charge in [0.2, 0.25) is 5.91 Å². The fourth-order valence-electron chi connectivity index (χ4n) is 2.94. The first kappa shape index (κ1) is 17.3. The number of anilines is 1. The molecule has 1 N–H and O–H groups in total. The van der Waals surface area contributed by atoms with Crippen LogP contribution < -0.4 is 5.32 Å². The molecule has 0 unspecified atom stereocenters. The van der Waals surface area contributed by atoms with Crippen LogP contribution in [0.15, 0.2) is 29.4 Å². The molecule has 2 aliphatic carbocycles. The SMILES string of the molecule is CC(=O)c1cccc(NC(=O)[C@H](C)Sc2nnc(C3CC3)n2C2CC2)c1. The van der Waals surface area contributed by atoms with Gasteiger partial charge in [-0.15, -0.1) is 10.2 Å². The number of hydrogen-bond donors (Lipinski definition) is 1. The standard InChI is InChI=1S/C19H22N4O2S/c1-11(24)14-4-3-5-15(10-14)20-18(25)12(2)26-19-22-21-17(13-6-7-13)23(19)16-8-9-16/h3-5,10,12-13,16H,6-9H2,1-2H3,(H,20,25)/t12-/m0/s1. The molecule has 7 heteroatoms. The molecule has 6 nitrogen and oxygen atoms in total. The Balaban J connectivity index is 1.45. The fourth-order valence-corrected chi connectivity index (χ4v) is 3.86. The van der Waals surface area contributed by atoms with Gasteiger partial charge in [-0.3, -0.25) is 9.59 Å². The summed E-state index contributed by atoms with van der Waals surface area (Å²) in [6.07, 6.45) is 4.73. The number of hydrogen-bond acceptors (Lipinski definition) is 5. The maximum absolute atomic E-state index is 12.6. The van der Waals surface area contributed by atoms with E-state index in [2.05, 4.69) is 20.1 Å². The van der Waals surface area contributed by atoms with Crippen LogP contribution in [0.1, 0.15) is 67.7 Å². The van der Waals surface area contributed by atoms with Crippen molar-refractivity contribution in [2.45, 2.75) is 61.9 Å². The van der Waals surface area contributed by atoms with Gasteiger partial charge in [-0.1, -0.05) is 23.9 Å². The van der Waals surface area contributed by atoms with Crippen LogP contribution in [0.3, 0.4) is 0 Å². The lowest BCUT2D eigenvalue weighted by atomic mass is 10.1. The molecule has 1 atom stereocenters. The summed E-state index contributed by atoms with van der Waals surface area (Å²) in [6, 6.07) is 7.52. The third kappa shape index (κ3) is 3.67. The Morgan fingerprint density at radius 2 is 2.00 bits per heavy atom. The second kappa shape index (κ2) is 6.87. The summed E-state index contributed by atoms with van der Waals surface area (Å²) in [4.78, 5) is 24.1. The highest BCUT2D eigenvalue weighted by Gasteiger charge is 2.37. The Bertz CT molecular complexity index is 855. The van der Waals surface area contributed by atoms with Crippen molar-refractivity contribution in [3.05, 3.63) is 35.7 Å². The van der Waals surface area contributed by atoms with E-state index in [1.165, 1.54) is 44.4 Å². The second-order valence-electron chi connectivity index (χ2n) is 7.10. The Hall–Kier alpha value is -2.15. The van der Waals surface area contributed by atoms with Gasteiger partial charge >= 0.3 is 0 Å². The molecule has 26 heavy (non-hydrogen) atoms. The van der Waals surface area contributed by atoms with Crippen molar-refractivity contribution < 1.29 is 9.59 Å². The van der Waals surface area contributed by atoms with Crippen LogP contribution in [-0.2, 0) is 4.79 Å². The van der Waals surface area contributed by atoms with E-state index in [0.717, 1.165) is 11.0 Å². The number of nitrogens with zero attached hydrogens (tertiary/aromatic N) is 3. The first-order valence-electron chi connectivity index (χ1n) is 9.06. The molecular weight excluding hydrogens is 348 g/mol. The molecule has 2 fully saturated rings. The number of thioether (sulfide) groups is 1. The minimum Gasteiger partial charge on any atom is -0.325 e. The van der Waals surface area contributed by atoms with Gasteiger partial charge in [0.05, 0.1) is 5.25 Å². The van der Waals surface area contributed by atoms with E-state index in [4.69, 9.17) is 0 Å². The summed E-state index contributed by atoms with van der Waals surface area (Å²) in [5.41, 5.74) is 1.23. The lowest BCUT2D eigenvalue weighted by Gasteiger charge is -2.13. The van der Waals surface area contributed by atoms with E-state index in [1.54, 1.807) is 24.3 Å². The van der Waals surface area contributed by atoms with Crippen LogP contribution in [-0.4, -0.2) is 31.7 Å². The Morgan fingerprint density at radius 1 is 1.23 bits per heavy atom. The molecule has 2 saturated carbocycles. The lowest BCUT2D eigenvalue weighted by Crippen LogP contribution is -2.23. The first-order valence-corrected chi connectivity index (χ1v) is 9.94. The maximum atomic E-state index is 12.6. The quantitative estimate of drug-likeness (QED) is 0.592. The number of aromatic nitrogens is 3. The molecular formula is C19H22N4O2S. The molecule has 1 aromatic carbocycles. The minimum atomic E-state index is -0.301. The summed E-state index contributed by atoms with van der Waals surface area (Å²) < 4.78 is 2.25. The van der Waals surface area contributed by atoms with Crippen LogP contribution in [0, 0.1) is 0 Å². The molecule has 4 rings (SSSR count). The fraction of sp³-hybridized carbons (Fsp3) is 0.474. The molecule has 136 valence electrons. The highest BCUT2D eigenvalue weighted by molar-refractivity contribution is 8.00. The van der Waals surface area contributed by atoms with E-state index in [9.17, 15) is 9.59 Å². The van der Waals surface area contributed by atoms with Crippen molar-refractivity contribution in [3.63, 3.8) is 0 Å². The lowest BCUT2D eigenvalue weighted by molar-refractivity contribution is -0.115. The van der Waals surface area contributed by atoms with E-state index < -0.39 is 0 Å². The Labute approximate surface area is 156 Å². The molecule has 1 heterocycles. The van der Waals surface area contributed by atoms with Crippen molar-refractivity contribution >= 4 is 29.1 Å². The van der Waals surface area contributed by atoms with Crippen LogP contribution in [0.4, 0.5) is 5.69 Å².